The van der Waals surface area contributed by atoms with Crippen LogP contribution in [0, 0.1) is 5.13 Å². The van der Waals surface area contributed by atoms with E-state index in [1.54, 1.807) is 36.5 Å². The van der Waals surface area contributed by atoms with E-state index in [0.29, 0.717) is 44.6 Å². The third-order valence-electron chi connectivity index (χ3n) is 5.02. The van der Waals surface area contributed by atoms with Gasteiger partial charge in [0.15, 0.2) is 32.7 Å². The lowest BCUT2D eigenvalue weighted by molar-refractivity contribution is -0.116. The third-order valence-corrected chi connectivity index (χ3v) is 8.15. The zero-order chi connectivity index (χ0) is 23.2. The molecule has 0 spiro atoms. The van der Waals surface area contributed by atoms with E-state index >= 15 is 0 Å². The number of hydrogen-bond acceptors (Lipinski definition) is 8. The molecule has 0 saturated heterocycles. The first-order valence-electron chi connectivity index (χ1n) is 9.64. The number of carbonyl (C=O) groups is 1. The van der Waals surface area contributed by atoms with E-state index in [1.165, 1.54) is 17.2 Å². The first-order valence-corrected chi connectivity index (χ1v) is 12.1. The summed E-state index contributed by atoms with van der Waals surface area (Å²) >= 11 is 0.485. The number of sulfone groups is 1. The predicted molar refractivity (Wildman–Crippen MR) is 120 cm³/mol. The minimum atomic E-state index is -3.90. The van der Waals surface area contributed by atoms with Crippen molar-refractivity contribution in [2.75, 3.05) is 5.75 Å². The van der Waals surface area contributed by atoms with Crippen LogP contribution in [0.15, 0.2) is 74.7 Å². The highest BCUT2D eigenvalue weighted by atomic mass is 32.2. The Morgan fingerprint density at radius 3 is 2.70 bits per heavy atom. The average Bonchev–Trinajstić information content (AvgIpc) is 3.42. The summed E-state index contributed by atoms with van der Waals surface area (Å²) in [4.78, 5) is 33.6. The molecule has 5 rings (SSSR count). The second kappa shape index (κ2) is 8.01. The number of rotatable bonds is 6. The number of hydrogen-bond donors (Lipinski definition) is 0. The smallest absolute Gasteiger partial charge is 0.264 e. The number of thiophene rings is 1. The fourth-order valence-electron chi connectivity index (χ4n) is 3.47. The topological polar surface area (TPSA) is 112 Å². The van der Waals surface area contributed by atoms with Crippen LogP contribution < -0.4 is 5.56 Å². The van der Waals surface area contributed by atoms with E-state index < -0.39 is 26.5 Å². The molecule has 11 heteroatoms. The van der Waals surface area contributed by atoms with Crippen LogP contribution >= 0.6 is 11.3 Å². The largest absolute Gasteiger partial charge is 0.443 e. The molecule has 0 N–H and O–H groups in total. The lowest BCUT2D eigenvalue weighted by Crippen LogP contribution is -2.19. The van der Waals surface area contributed by atoms with E-state index in [2.05, 4.69) is 9.97 Å². The summed E-state index contributed by atoms with van der Waals surface area (Å²) in [5, 5.41) is 0.528. The van der Waals surface area contributed by atoms with Gasteiger partial charge in [-0.2, -0.15) is 4.39 Å². The van der Waals surface area contributed by atoms with Crippen molar-refractivity contribution in [3.63, 3.8) is 0 Å². The van der Waals surface area contributed by atoms with Crippen LogP contribution in [0.3, 0.4) is 0 Å². The highest BCUT2D eigenvalue weighted by Crippen LogP contribution is 2.22. The number of ketones is 1. The highest BCUT2D eigenvalue weighted by molar-refractivity contribution is 7.94. The van der Waals surface area contributed by atoms with Crippen LogP contribution in [0.5, 0.6) is 0 Å². The van der Waals surface area contributed by atoms with Crippen molar-refractivity contribution in [2.45, 2.75) is 10.6 Å². The first kappa shape index (κ1) is 21.2. The zero-order valence-electron chi connectivity index (χ0n) is 16.8. The number of fused-ring (bicyclic) bond motifs is 2. The molecule has 0 aliphatic rings. The van der Waals surface area contributed by atoms with Crippen LogP contribution in [-0.4, -0.2) is 34.5 Å². The van der Waals surface area contributed by atoms with Gasteiger partial charge in [-0.1, -0.05) is 17.4 Å². The zero-order valence-corrected chi connectivity index (χ0v) is 18.4. The molecule has 0 aliphatic carbocycles. The molecular formula is C22H14FN3O5S2. The van der Waals surface area contributed by atoms with Crippen LogP contribution in [0.4, 0.5) is 4.39 Å². The molecule has 0 fully saturated rings. The van der Waals surface area contributed by atoms with Gasteiger partial charge < -0.3 is 4.42 Å². The number of pyridine rings is 2. The van der Waals surface area contributed by atoms with Crippen molar-refractivity contribution in [3.8, 4) is 5.82 Å². The van der Waals surface area contributed by atoms with E-state index in [-0.39, 0.29) is 16.2 Å². The van der Waals surface area contributed by atoms with Crippen molar-refractivity contribution in [1.29, 1.82) is 0 Å². The minimum Gasteiger partial charge on any atom is -0.443 e. The molecule has 0 unspecified atom stereocenters. The van der Waals surface area contributed by atoms with E-state index in [4.69, 9.17) is 4.42 Å². The Balaban J connectivity index is 1.36. The van der Waals surface area contributed by atoms with Gasteiger partial charge in [-0.3, -0.25) is 14.2 Å². The van der Waals surface area contributed by atoms with Gasteiger partial charge >= 0.3 is 0 Å². The van der Waals surface area contributed by atoms with Crippen molar-refractivity contribution in [3.05, 3.63) is 82.3 Å². The van der Waals surface area contributed by atoms with Crippen LogP contribution in [0.25, 0.3) is 27.7 Å². The maximum absolute atomic E-state index is 13.1. The van der Waals surface area contributed by atoms with Gasteiger partial charge in [0.25, 0.3) is 5.56 Å². The highest BCUT2D eigenvalue weighted by Gasteiger charge is 2.22. The molecular weight excluding hydrogens is 469 g/mol. The van der Waals surface area contributed by atoms with Gasteiger partial charge in [-0.25, -0.2) is 18.4 Å². The molecule has 0 amide bonds. The maximum atomic E-state index is 13.1. The van der Waals surface area contributed by atoms with Crippen molar-refractivity contribution in [1.82, 2.24) is 14.5 Å². The number of Topliss-reactive ketones (excluding diaryl/α,β-unsaturated/α-hetero) is 1. The molecule has 4 aromatic heterocycles. The van der Waals surface area contributed by atoms with Gasteiger partial charge in [-0.05, 0) is 47.3 Å². The second-order valence-electron chi connectivity index (χ2n) is 7.31. The summed E-state index contributed by atoms with van der Waals surface area (Å²) in [7, 11) is -3.90. The molecule has 1 aromatic carbocycles. The maximum Gasteiger partial charge on any atom is 0.264 e. The van der Waals surface area contributed by atoms with E-state index in [9.17, 15) is 22.4 Å². The average molecular weight is 484 g/mol. The Labute approximate surface area is 189 Å². The molecule has 0 atom stereocenters. The summed E-state index contributed by atoms with van der Waals surface area (Å²) in [6.07, 6.45) is 4.17. The molecule has 0 bridgehead atoms. The molecule has 8 nitrogen and oxygen atoms in total. The number of benzene rings is 1. The Morgan fingerprint density at radius 1 is 1.12 bits per heavy atom. The number of aromatic nitrogens is 3. The summed E-state index contributed by atoms with van der Waals surface area (Å²) in [5.74, 6) is -0.927. The fraction of sp³-hybridized carbons (Fsp3) is 0.0909. The van der Waals surface area contributed by atoms with E-state index in [0.717, 1.165) is 12.1 Å². The SMILES string of the molecule is O=C(Cc1ccc(-n2ccc3cc4ncoc4cc3c2=O)nc1)CS(=O)(=O)c1ccc(F)s1. The first-order chi connectivity index (χ1) is 15.8. The number of carbonyl (C=O) groups excluding carboxylic acids is 1. The van der Waals surface area contributed by atoms with Gasteiger partial charge in [-0.15, -0.1) is 0 Å². The molecule has 0 aliphatic heterocycles. The minimum absolute atomic E-state index is 0.156. The number of oxazole rings is 1. The molecule has 5 aromatic rings. The van der Waals surface area contributed by atoms with Gasteiger partial charge in [0.05, 0.1) is 5.39 Å². The van der Waals surface area contributed by atoms with Crippen molar-refractivity contribution < 1.29 is 22.0 Å². The molecule has 33 heavy (non-hydrogen) atoms. The Bertz CT molecular complexity index is 1680. The van der Waals surface area contributed by atoms with Crippen molar-refractivity contribution >= 4 is 48.8 Å². The lowest BCUT2D eigenvalue weighted by Gasteiger charge is -2.08. The van der Waals surface area contributed by atoms with E-state index in [1.807, 2.05) is 0 Å². The standard InChI is InChI=1S/C22H14FN3O5S2/c23-19-2-4-21(32-19)33(29,30)11-15(27)7-13-1-3-20(24-10-13)26-6-5-14-8-17-18(31-12-25-17)9-16(14)22(26)28/h1-6,8-10,12H,7,11H2. The predicted octanol–water partition coefficient (Wildman–Crippen LogP) is 3.31. The summed E-state index contributed by atoms with van der Waals surface area (Å²) in [6.45, 7) is 0. The molecule has 4 heterocycles. The van der Waals surface area contributed by atoms with Crippen LogP contribution in [0.2, 0.25) is 0 Å². The molecule has 0 radical (unpaired) electrons. The lowest BCUT2D eigenvalue weighted by atomic mass is 10.1. The quantitative estimate of drug-likeness (QED) is 0.364. The molecule has 0 saturated carbocycles. The van der Waals surface area contributed by atoms with Gasteiger partial charge in [0.1, 0.15) is 21.3 Å². The Kier molecular flexibility index (Phi) is 5.14. The number of halogens is 1. The van der Waals surface area contributed by atoms with Crippen LogP contribution in [-0.2, 0) is 21.1 Å². The molecule has 166 valence electrons. The van der Waals surface area contributed by atoms with Crippen LogP contribution in [0.1, 0.15) is 5.56 Å². The summed E-state index contributed by atoms with van der Waals surface area (Å²) < 4.78 is 44.1. The third kappa shape index (κ3) is 4.08. The fourth-order valence-corrected chi connectivity index (χ4v) is 5.80. The normalized spacial score (nSPS) is 11.9. The van der Waals surface area contributed by atoms with Gasteiger partial charge in [0.2, 0.25) is 0 Å². The monoisotopic (exact) mass is 483 g/mol. The van der Waals surface area contributed by atoms with Crippen molar-refractivity contribution in [2.24, 2.45) is 0 Å². The Hall–Kier alpha value is -3.70. The second-order valence-corrected chi connectivity index (χ2v) is 10.6. The van der Waals surface area contributed by atoms with Gasteiger partial charge in [0, 0.05) is 18.8 Å². The summed E-state index contributed by atoms with van der Waals surface area (Å²) in [6, 6.07) is 10.5. The summed E-state index contributed by atoms with van der Waals surface area (Å²) in [5.41, 5.74) is 1.35. The number of nitrogens with zero attached hydrogens (tertiary/aromatic N) is 3. The Morgan fingerprint density at radius 2 is 1.97 bits per heavy atom.